The van der Waals surface area contributed by atoms with Crippen molar-refractivity contribution in [2.45, 2.75) is 25.6 Å². The van der Waals surface area contributed by atoms with Crippen molar-refractivity contribution in [3.05, 3.63) is 59.4 Å². The van der Waals surface area contributed by atoms with Crippen molar-refractivity contribution in [2.24, 2.45) is 5.92 Å². The first kappa shape index (κ1) is 19.2. The second-order valence-electron chi connectivity index (χ2n) is 6.72. The number of halogens is 3. The highest BCUT2D eigenvalue weighted by Gasteiger charge is 2.32. The normalized spacial score (nSPS) is 16.1. The highest BCUT2D eigenvalue weighted by Crippen LogP contribution is 2.30. The minimum atomic E-state index is -4.46. The van der Waals surface area contributed by atoms with E-state index < -0.39 is 11.9 Å². The number of alkyl halides is 3. The molecule has 142 valence electrons. The smallest absolute Gasteiger partial charge is 0.433 e. The van der Waals surface area contributed by atoms with Crippen LogP contribution in [0, 0.1) is 17.2 Å². The molecule has 0 unspecified atom stereocenters. The number of hydrogen-bond acceptors (Lipinski definition) is 4. The highest BCUT2D eigenvalue weighted by atomic mass is 19.4. The number of piperidine rings is 1. The van der Waals surface area contributed by atoms with Crippen LogP contribution >= 0.6 is 0 Å². The van der Waals surface area contributed by atoms with Crippen molar-refractivity contribution in [2.75, 3.05) is 19.7 Å². The van der Waals surface area contributed by atoms with E-state index in [0.29, 0.717) is 18.1 Å². The molecule has 0 atom stereocenters. The number of hydrogen-bond donors (Lipinski definition) is 0. The molecule has 27 heavy (non-hydrogen) atoms. The molecular formula is C20H20F3N3O. The number of benzene rings is 1. The lowest BCUT2D eigenvalue weighted by Gasteiger charge is -2.31. The molecule has 7 heteroatoms. The van der Waals surface area contributed by atoms with Crippen molar-refractivity contribution in [1.82, 2.24) is 9.88 Å². The Morgan fingerprint density at radius 1 is 1.19 bits per heavy atom. The van der Waals surface area contributed by atoms with Crippen molar-refractivity contribution in [3.8, 4) is 11.8 Å². The Labute approximate surface area is 156 Å². The number of nitrogens with zero attached hydrogens (tertiary/aromatic N) is 3. The van der Waals surface area contributed by atoms with E-state index in [1.807, 2.05) is 18.2 Å². The maximum Gasteiger partial charge on any atom is 0.433 e. The molecule has 1 aromatic carbocycles. The van der Waals surface area contributed by atoms with Crippen LogP contribution in [-0.2, 0) is 12.7 Å². The molecule has 3 rings (SSSR count). The molecular weight excluding hydrogens is 355 g/mol. The molecule has 1 fully saturated rings. The molecule has 1 aromatic heterocycles. The third-order valence-corrected chi connectivity index (χ3v) is 4.68. The number of nitriles is 1. The fourth-order valence-corrected chi connectivity index (χ4v) is 3.18. The summed E-state index contributed by atoms with van der Waals surface area (Å²) in [6.07, 6.45) is -1.49. The summed E-state index contributed by atoms with van der Waals surface area (Å²) in [7, 11) is 0. The van der Waals surface area contributed by atoms with Crippen LogP contribution < -0.4 is 4.74 Å². The largest absolute Gasteiger partial charge is 0.493 e. The third kappa shape index (κ3) is 5.44. The average molecular weight is 375 g/mol. The molecule has 0 amide bonds. The molecule has 0 spiro atoms. The summed E-state index contributed by atoms with van der Waals surface area (Å²) in [5.41, 5.74) is 0.834. The second-order valence-corrected chi connectivity index (χ2v) is 6.72. The van der Waals surface area contributed by atoms with Crippen LogP contribution in [0.1, 0.15) is 29.7 Å². The van der Waals surface area contributed by atoms with Crippen LogP contribution in [0.15, 0.2) is 42.6 Å². The van der Waals surface area contributed by atoms with E-state index >= 15 is 0 Å². The minimum absolute atomic E-state index is 0.202. The summed E-state index contributed by atoms with van der Waals surface area (Å²) in [4.78, 5) is 5.66. The van der Waals surface area contributed by atoms with E-state index in [4.69, 9.17) is 10.00 Å². The monoisotopic (exact) mass is 375 g/mol. The molecule has 1 saturated heterocycles. The van der Waals surface area contributed by atoms with Crippen LogP contribution in [0.5, 0.6) is 5.75 Å². The van der Waals surface area contributed by atoms with E-state index in [0.717, 1.165) is 50.3 Å². The molecule has 0 radical (unpaired) electrons. The Morgan fingerprint density at radius 3 is 2.67 bits per heavy atom. The van der Waals surface area contributed by atoms with E-state index in [1.54, 1.807) is 6.07 Å². The first-order chi connectivity index (χ1) is 12.9. The van der Waals surface area contributed by atoms with Gasteiger partial charge in [-0.15, -0.1) is 0 Å². The Hall–Kier alpha value is -2.59. The van der Waals surface area contributed by atoms with Gasteiger partial charge in [-0.25, -0.2) is 0 Å². The first-order valence-electron chi connectivity index (χ1n) is 8.81. The maximum atomic E-state index is 12.7. The van der Waals surface area contributed by atoms with E-state index in [9.17, 15) is 13.2 Å². The van der Waals surface area contributed by atoms with Gasteiger partial charge in [-0.05, 0) is 55.6 Å². The lowest BCUT2D eigenvalue weighted by molar-refractivity contribution is -0.141. The molecule has 0 aliphatic carbocycles. The topological polar surface area (TPSA) is 49.2 Å². The molecule has 0 saturated carbocycles. The van der Waals surface area contributed by atoms with Gasteiger partial charge in [0.05, 0.1) is 18.2 Å². The predicted octanol–water partition coefficient (Wildman–Crippen LogP) is 4.26. The SMILES string of the molecule is N#Cc1cccc(CN2CCC(COc3ccnc(C(F)(F)F)c3)CC2)c1. The maximum absolute atomic E-state index is 12.7. The zero-order valence-corrected chi connectivity index (χ0v) is 14.7. The van der Waals surface area contributed by atoms with Crippen LogP contribution in [0.25, 0.3) is 0 Å². The predicted molar refractivity (Wildman–Crippen MR) is 93.9 cm³/mol. The van der Waals surface area contributed by atoms with Gasteiger partial charge in [0.1, 0.15) is 11.4 Å². The number of rotatable bonds is 5. The Balaban J connectivity index is 1.46. The van der Waals surface area contributed by atoms with Crippen molar-refractivity contribution >= 4 is 0 Å². The second kappa shape index (κ2) is 8.40. The molecule has 4 nitrogen and oxygen atoms in total. The Morgan fingerprint density at radius 2 is 1.96 bits per heavy atom. The quantitative estimate of drug-likeness (QED) is 0.783. The van der Waals surface area contributed by atoms with Crippen LogP contribution in [-0.4, -0.2) is 29.6 Å². The third-order valence-electron chi connectivity index (χ3n) is 4.68. The zero-order valence-electron chi connectivity index (χ0n) is 14.7. The summed E-state index contributed by atoms with van der Waals surface area (Å²) >= 11 is 0. The van der Waals surface area contributed by atoms with Gasteiger partial charge in [0.2, 0.25) is 0 Å². The van der Waals surface area contributed by atoms with Crippen molar-refractivity contribution < 1.29 is 17.9 Å². The van der Waals surface area contributed by atoms with Crippen LogP contribution in [0.4, 0.5) is 13.2 Å². The Bertz CT molecular complexity index is 809. The lowest BCUT2D eigenvalue weighted by atomic mass is 9.97. The minimum Gasteiger partial charge on any atom is -0.493 e. The van der Waals surface area contributed by atoms with Gasteiger partial charge in [0.15, 0.2) is 0 Å². The van der Waals surface area contributed by atoms with Gasteiger partial charge in [0, 0.05) is 18.8 Å². The molecule has 1 aliphatic rings. The summed E-state index contributed by atoms with van der Waals surface area (Å²) in [6.45, 7) is 2.99. The number of pyridine rings is 1. The first-order valence-corrected chi connectivity index (χ1v) is 8.81. The van der Waals surface area contributed by atoms with Gasteiger partial charge in [0.25, 0.3) is 0 Å². The molecule has 1 aliphatic heterocycles. The zero-order chi connectivity index (χ0) is 19.3. The van der Waals surface area contributed by atoms with Crippen LogP contribution in [0.2, 0.25) is 0 Å². The Kier molecular flexibility index (Phi) is 5.97. The van der Waals surface area contributed by atoms with Crippen molar-refractivity contribution in [1.29, 1.82) is 5.26 Å². The van der Waals surface area contributed by atoms with E-state index in [1.165, 1.54) is 6.07 Å². The fraction of sp³-hybridized carbons (Fsp3) is 0.400. The average Bonchev–Trinajstić information content (AvgIpc) is 2.67. The molecule has 0 bridgehead atoms. The van der Waals surface area contributed by atoms with Gasteiger partial charge in [-0.2, -0.15) is 18.4 Å². The summed E-state index contributed by atoms with van der Waals surface area (Å²) in [5, 5.41) is 8.97. The molecule has 2 heterocycles. The number of likely N-dealkylation sites (tertiary alicyclic amines) is 1. The van der Waals surface area contributed by atoms with Gasteiger partial charge in [-0.1, -0.05) is 12.1 Å². The van der Waals surface area contributed by atoms with Crippen molar-refractivity contribution in [3.63, 3.8) is 0 Å². The lowest BCUT2D eigenvalue weighted by Crippen LogP contribution is -2.35. The standard InChI is InChI=1S/C20H20F3N3O/c21-20(22,23)19-11-18(4-7-25-19)27-14-15-5-8-26(9-6-15)13-17-3-1-2-16(10-17)12-24/h1-4,7,10-11,15H,5-6,8-9,13-14H2. The van der Waals surface area contributed by atoms with Gasteiger partial charge >= 0.3 is 6.18 Å². The summed E-state index contributed by atoms with van der Waals surface area (Å²) in [5.74, 6) is 0.516. The van der Waals surface area contributed by atoms with Gasteiger partial charge < -0.3 is 4.74 Å². The van der Waals surface area contributed by atoms with Crippen LogP contribution in [0.3, 0.4) is 0 Å². The summed E-state index contributed by atoms with van der Waals surface area (Å²) < 4.78 is 43.6. The summed E-state index contributed by atoms with van der Waals surface area (Å²) in [6, 6.07) is 12.1. The number of ether oxygens (including phenoxy) is 1. The number of aromatic nitrogens is 1. The highest BCUT2D eigenvalue weighted by molar-refractivity contribution is 5.32. The van der Waals surface area contributed by atoms with E-state index in [2.05, 4.69) is 16.0 Å². The fourth-order valence-electron chi connectivity index (χ4n) is 3.18. The molecule has 2 aromatic rings. The van der Waals surface area contributed by atoms with Gasteiger partial charge in [-0.3, -0.25) is 9.88 Å². The molecule has 0 N–H and O–H groups in total. The van der Waals surface area contributed by atoms with E-state index in [-0.39, 0.29) is 5.75 Å².